The van der Waals surface area contributed by atoms with Crippen LogP contribution in [-0.4, -0.2) is 23.5 Å². The fraction of sp³-hybridized carbons (Fsp3) is 0.455. The SMILES string of the molecule is CC(=O)OCC(=O)N(Cc1cccc(C#N)c1)c1sc(CC2CCCC2)nc1C. The second-order valence-electron chi connectivity index (χ2n) is 7.43. The molecule has 1 saturated carbocycles. The van der Waals surface area contributed by atoms with E-state index in [1.165, 1.54) is 43.9 Å². The van der Waals surface area contributed by atoms with Crippen LogP contribution in [0.1, 0.15) is 54.4 Å². The second kappa shape index (κ2) is 9.66. The van der Waals surface area contributed by atoms with Crippen molar-refractivity contribution in [3.63, 3.8) is 0 Å². The van der Waals surface area contributed by atoms with Gasteiger partial charge in [-0.15, -0.1) is 11.3 Å². The van der Waals surface area contributed by atoms with Gasteiger partial charge in [0.2, 0.25) is 0 Å². The molecule has 0 N–H and O–H groups in total. The Labute approximate surface area is 175 Å². The fourth-order valence-corrected chi connectivity index (χ4v) is 4.87. The molecule has 0 spiro atoms. The summed E-state index contributed by atoms with van der Waals surface area (Å²) in [4.78, 5) is 30.4. The summed E-state index contributed by atoms with van der Waals surface area (Å²) in [6.07, 6.45) is 5.99. The molecule has 1 aromatic carbocycles. The first kappa shape index (κ1) is 21.0. The lowest BCUT2D eigenvalue weighted by atomic mass is 10.1. The van der Waals surface area contributed by atoms with Gasteiger partial charge in [0.25, 0.3) is 5.91 Å². The van der Waals surface area contributed by atoms with Crippen LogP contribution in [0, 0.1) is 24.2 Å². The molecule has 0 aliphatic heterocycles. The summed E-state index contributed by atoms with van der Waals surface area (Å²) in [5, 5.41) is 11.0. The molecule has 0 atom stereocenters. The van der Waals surface area contributed by atoms with Crippen LogP contribution in [0.2, 0.25) is 0 Å². The maximum Gasteiger partial charge on any atom is 0.303 e. The first-order valence-electron chi connectivity index (χ1n) is 9.85. The lowest BCUT2D eigenvalue weighted by molar-refractivity contribution is -0.145. The van der Waals surface area contributed by atoms with Crippen molar-refractivity contribution in [2.45, 2.75) is 52.5 Å². The molecule has 7 heteroatoms. The Morgan fingerprint density at radius 3 is 2.79 bits per heavy atom. The quantitative estimate of drug-likeness (QED) is 0.639. The maximum atomic E-state index is 12.9. The summed E-state index contributed by atoms with van der Waals surface area (Å²) in [6.45, 7) is 3.16. The zero-order valence-corrected chi connectivity index (χ0v) is 17.6. The highest BCUT2D eigenvalue weighted by atomic mass is 32.1. The Morgan fingerprint density at radius 2 is 2.10 bits per heavy atom. The second-order valence-corrected chi connectivity index (χ2v) is 8.49. The highest BCUT2D eigenvalue weighted by Crippen LogP contribution is 2.34. The van der Waals surface area contributed by atoms with Gasteiger partial charge in [0.15, 0.2) is 6.61 Å². The van der Waals surface area contributed by atoms with E-state index in [1.807, 2.05) is 13.0 Å². The third kappa shape index (κ3) is 5.64. The van der Waals surface area contributed by atoms with Crippen LogP contribution in [0.15, 0.2) is 24.3 Å². The standard InChI is InChI=1S/C22H25N3O3S/c1-15-22(29-20(24-15)11-17-6-3-4-7-17)25(21(27)14-28-16(2)26)13-19-9-5-8-18(10-19)12-23/h5,8-10,17H,3-4,6-7,11,13-14H2,1-2H3. The Balaban J connectivity index is 1.85. The molecule has 1 aliphatic carbocycles. The number of nitrogens with zero attached hydrogens (tertiary/aromatic N) is 3. The van der Waals surface area contributed by atoms with Crippen LogP contribution >= 0.6 is 11.3 Å². The Hall–Kier alpha value is -2.72. The van der Waals surface area contributed by atoms with Crippen molar-refractivity contribution in [1.29, 1.82) is 5.26 Å². The van der Waals surface area contributed by atoms with Crippen molar-refractivity contribution in [1.82, 2.24) is 4.98 Å². The molecular weight excluding hydrogens is 386 g/mol. The van der Waals surface area contributed by atoms with Crippen LogP contribution in [0.3, 0.4) is 0 Å². The molecule has 2 aromatic rings. The number of aryl methyl sites for hydroxylation is 1. The fourth-order valence-electron chi connectivity index (χ4n) is 3.68. The third-order valence-corrected chi connectivity index (χ3v) is 6.30. The molecular formula is C22H25N3O3S. The molecule has 1 aliphatic rings. The van der Waals surface area contributed by atoms with E-state index in [4.69, 9.17) is 15.0 Å². The summed E-state index contributed by atoms with van der Waals surface area (Å²) in [6, 6.07) is 9.29. The predicted molar refractivity (Wildman–Crippen MR) is 111 cm³/mol. The van der Waals surface area contributed by atoms with E-state index in [1.54, 1.807) is 23.1 Å². The van der Waals surface area contributed by atoms with Gasteiger partial charge in [-0.3, -0.25) is 14.5 Å². The van der Waals surface area contributed by atoms with E-state index in [9.17, 15) is 9.59 Å². The summed E-state index contributed by atoms with van der Waals surface area (Å²) in [7, 11) is 0. The van der Waals surface area contributed by atoms with E-state index < -0.39 is 5.97 Å². The van der Waals surface area contributed by atoms with Gasteiger partial charge in [0.1, 0.15) is 5.00 Å². The van der Waals surface area contributed by atoms with Gasteiger partial charge in [-0.1, -0.05) is 37.8 Å². The topological polar surface area (TPSA) is 83.3 Å². The van der Waals surface area contributed by atoms with Crippen molar-refractivity contribution in [3.05, 3.63) is 46.1 Å². The van der Waals surface area contributed by atoms with Gasteiger partial charge in [0, 0.05) is 13.3 Å². The largest absolute Gasteiger partial charge is 0.456 e. The van der Waals surface area contributed by atoms with Gasteiger partial charge < -0.3 is 4.74 Å². The number of hydrogen-bond acceptors (Lipinski definition) is 6. The summed E-state index contributed by atoms with van der Waals surface area (Å²) >= 11 is 1.53. The summed E-state index contributed by atoms with van der Waals surface area (Å²) in [5.74, 6) is -0.125. The number of hydrogen-bond donors (Lipinski definition) is 0. The molecule has 1 heterocycles. The van der Waals surface area contributed by atoms with Crippen molar-refractivity contribution in [2.75, 3.05) is 11.5 Å². The van der Waals surface area contributed by atoms with Gasteiger partial charge in [0.05, 0.1) is 28.9 Å². The van der Waals surface area contributed by atoms with Gasteiger partial charge in [-0.05, 0) is 30.5 Å². The Bertz CT molecular complexity index is 926. The normalized spacial score (nSPS) is 13.8. The highest BCUT2D eigenvalue weighted by Gasteiger charge is 2.24. The zero-order valence-electron chi connectivity index (χ0n) is 16.8. The number of anilines is 1. The molecule has 152 valence electrons. The molecule has 0 unspecified atom stereocenters. The molecule has 1 amide bonds. The van der Waals surface area contributed by atoms with E-state index in [-0.39, 0.29) is 12.5 Å². The monoisotopic (exact) mass is 411 g/mol. The van der Waals surface area contributed by atoms with Gasteiger partial charge >= 0.3 is 5.97 Å². The lowest BCUT2D eigenvalue weighted by Gasteiger charge is -2.21. The van der Waals surface area contributed by atoms with Crippen LogP contribution in [-0.2, 0) is 27.3 Å². The molecule has 1 aromatic heterocycles. The summed E-state index contributed by atoms with van der Waals surface area (Å²) < 4.78 is 4.94. The van der Waals surface area contributed by atoms with Crippen LogP contribution < -0.4 is 4.90 Å². The number of amides is 1. The first-order valence-corrected chi connectivity index (χ1v) is 10.7. The number of carbonyl (C=O) groups is 2. The van der Waals surface area contributed by atoms with E-state index >= 15 is 0 Å². The number of benzene rings is 1. The number of carbonyl (C=O) groups excluding carboxylic acids is 2. The highest BCUT2D eigenvalue weighted by molar-refractivity contribution is 7.16. The van der Waals surface area contributed by atoms with Crippen LogP contribution in [0.5, 0.6) is 0 Å². The Kier molecular flexibility index (Phi) is 6.99. The maximum absolute atomic E-state index is 12.9. The van der Waals surface area contributed by atoms with Gasteiger partial charge in [-0.25, -0.2) is 4.98 Å². The van der Waals surface area contributed by atoms with E-state index in [2.05, 4.69) is 6.07 Å². The molecule has 29 heavy (non-hydrogen) atoms. The molecule has 6 nitrogen and oxygen atoms in total. The number of esters is 1. The van der Waals surface area contributed by atoms with E-state index in [0.717, 1.165) is 27.7 Å². The number of aromatic nitrogens is 1. The summed E-state index contributed by atoms with van der Waals surface area (Å²) in [5.41, 5.74) is 2.18. The minimum atomic E-state index is -0.493. The van der Waals surface area contributed by atoms with Crippen molar-refractivity contribution in [2.24, 2.45) is 5.92 Å². The Morgan fingerprint density at radius 1 is 1.34 bits per heavy atom. The molecule has 0 radical (unpaired) electrons. The van der Waals surface area contributed by atoms with Crippen LogP contribution in [0.4, 0.5) is 5.00 Å². The molecule has 3 rings (SSSR count). The van der Waals surface area contributed by atoms with Gasteiger partial charge in [-0.2, -0.15) is 5.26 Å². The average Bonchev–Trinajstić information content (AvgIpc) is 3.34. The lowest BCUT2D eigenvalue weighted by Crippen LogP contribution is -2.34. The zero-order chi connectivity index (χ0) is 20.8. The van der Waals surface area contributed by atoms with Crippen molar-refractivity contribution < 1.29 is 14.3 Å². The first-order chi connectivity index (χ1) is 14.0. The van der Waals surface area contributed by atoms with Crippen LogP contribution in [0.25, 0.3) is 0 Å². The predicted octanol–water partition coefficient (Wildman–Crippen LogP) is 4.15. The molecule has 0 saturated heterocycles. The minimum absolute atomic E-state index is 0.293. The van der Waals surface area contributed by atoms with Crippen molar-refractivity contribution >= 4 is 28.2 Å². The number of rotatable bonds is 7. The molecule has 1 fully saturated rings. The third-order valence-electron chi connectivity index (χ3n) is 5.10. The minimum Gasteiger partial charge on any atom is -0.456 e. The number of ether oxygens (including phenoxy) is 1. The smallest absolute Gasteiger partial charge is 0.303 e. The number of thiazole rings is 1. The van der Waals surface area contributed by atoms with E-state index in [0.29, 0.717) is 18.0 Å². The van der Waals surface area contributed by atoms with Crippen molar-refractivity contribution in [3.8, 4) is 6.07 Å². The molecule has 0 bridgehead atoms. The average molecular weight is 412 g/mol. The number of nitriles is 1.